The molecular formula is C19H30N2. The van der Waals surface area contributed by atoms with Crippen molar-refractivity contribution in [2.45, 2.75) is 60.8 Å². The molecule has 0 aliphatic heterocycles. The van der Waals surface area contributed by atoms with Gasteiger partial charge in [0.2, 0.25) is 0 Å². The van der Waals surface area contributed by atoms with Crippen molar-refractivity contribution in [3.05, 3.63) is 11.1 Å². The first-order chi connectivity index (χ1) is 9.84. The second-order valence-electron chi connectivity index (χ2n) is 6.92. The molecule has 1 saturated carbocycles. The minimum Gasteiger partial charge on any atom is -0.308 e. The first kappa shape index (κ1) is 17.7. The molecule has 1 aliphatic rings. The van der Waals surface area contributed by atoms with Crippen LogP contribution in [0.25, 0.3) is 0 Å². The molecule has 21 heavy (non-hydrogen) atoms. The van der Waals surface area contributed by atoms with E-state index in [1.54, 1.807) is 6.21 Å². The van der Waals surface area contributed by atoms with E-state index < -0.39 is 0 Å². The van der Waals surface area contributed by atoms with E-state index in [1.165, 1.54) is 18.4 Å². The summed E-state index contributed by atoms with van der Waals surface area (Å²) in [6.45, 7) is 13.6. The Hall–Kier alpha value is -1.36. The fourth-order valence-corrected chi connectivity index (χ4v) is 2.96. The minimum atomic E-state index is 0.201. The maximum Gasteiger partial charge on any atom is 0.0462 e. The first-order valence-corrected chi connectivity index (χ1v) is 7.92. The molecular weight excluding hydrogens is 256 g/mol. The van der Waals surface area contributed by atoms with Gasteiger partial charge in [0, 0.05) is 30.8 Å². The van der Waals surface area contributed by atoms with Crippen molar-refractivity contribution in [3.8, 4) is 11.8 Å². The molecule has 2 heteroatoms. The summed E-state index contributed by atoms with van der Waals surface area (Å²) in [5.41, 5.74) is 3.68. The van der Waals surface area contributed by atoms with Crippen LogP contribution in [-0.2, 0) is 0 Å². The van der Waals surface area contributed by atoms with Crippen molar-refractivity contribution in [2.24, 2.45) is 22.2 Å². The second-order valence-corrected chi connectivity index (χ2v) is 6.92. The molecule has 0 spiro atoms. The summed E-state index contributed by atoms with van der Waals surface area (Å²) < 4.78 is 0. The Labute approximate surface area is 130 Å². The van der Waals surface area contributed by atoms with Gasteiger partial charge in [-0.25, -0.2) is 0 Å². The third-order valence-electron chi connectivity index (χ3n) is 4.67. The maximum atomic E-state index is 7.90. The molecule has 1 aliphatic carbocycles. The highest BCUT2D eigenvalue weighted by Gasteiger charge is 2.44. The molecule has 1 rings (SSSR count). The predicted octanol–water partition coefficient (Wildman–Crippen LogP) is 4.90. The van der Waals surface area contributed by atoms with Gasteiger partial charge in [0.25, 0.3) is 0 Å². The number of nitrogens with zero attached hydrogens (tertiary/aromatic N) is 1. The average Bonchev–Trinajstić information content (AvgIpc) is 3.24. The fraction of sp³-hybridized carbons (Fsp3) is 0.684. The number of hydrogen-bond donors (Lipinski definition) is 1. The lowest BCUT2D eigenvalue weighted by Crippen LogP contribution is -2.31. The zero-order valence-electron chi connectivity index (χ0n) is 14.5. The Bertz CT molecular complexity index is 489. The van der Waals surface area contributed by atoms with Gasteiger partial charge in [-0.15, -0.1) is 5.92 Å². The zero-order valence-corrected chi connectivity index (χ0v) is 14.5. The van der Waals surface area contributed by atoms with Crippen LogP contribution < -0.4 is 0 Å². The van der Waals surface area contributed by atoms with Gasteiger partial charge in [-0.05, 0) is 57.4 Å². The average molecular weight is 286 g/mol. The molecule has 0 amide bonds. The summed E-state index contributed by atoms with van der Waals surface area (Å²) in [6, 6.07) is 0. The van der Waals surface area contributed by atoms with Gasteiger partial charge in [-0.2, -0.15) is 0 Å². The van der Waals surface area contributed by atoms with E-state index in [4.69, 9.17) is 5.41 Å². The topological polar surface area (TPSA) is 36.2 Å². The zero-order chi connectivity index (χ0) is 16.0. The van der Waals surface area contributed by atoms with Crippen molar-refractivity contribution in [3.63, 3.8) is 0 Å². The van der Waals surface area contributed by atoms with Crippen molar-refractivity contribution >= 4 is 11.9 Å². The summed E-state index contributed by atoms with van der Waals surface area (Å²) >= 11 is 0. The number of hydrogen-bond acceptors (Lipinski definition) is 2. The van der Waals surface area contributed by atoms with Crippen LogP contribution >= 0.6 is 0 Å². The van der Waals surface area contributed by atoms with Gasteiger partial charge in [0.15, 0.2) is 0 Å². The Balaban J connectivity index is 3.15. The quantitative estimate of drug-likeness (QED) is 0.510. The standard InChI is InChI=1S/C19H30N2/c1-7-8-9-15(4)17(12-20)18(13-21-14(2)3)19(5,6)16-10-11-16/h12,16,18,20H,9-11,13H2,1-6H3/b17-15-,20-12?. The summed E-state index contributed by atoms with van der Waals surface area (Å²) in [4.78, 5) is 4.68. The number of nitrogens with one attached hydrogen (secondary N) is 1. The molecule has 1 fully saturated rings. The van der Waals surface area contributed by atoms with Gasteiger partial charge in [0.05, 0.1) is 0 Å². The van der Waals surface area contributed by atoms with Crippen molar-refractivity contribution in [1.29, 1.82) is 5.41 Å². The number of aliphatic imine (C=N–C) groups is 1. The lowest BCUT2D eigenvalue weighted by molar-refractivity contribution is 0.216. The highest BCUT2D eigenvalue weighted by Crippen LogP contribution is 2.51. The van der Waals surface area contributed by atoms with E-state index in [2.05, 4.69) is 37.6 Å². The second kappa shape index (κ2) is 7.59. The van der Waals surface area contributed by atoms with Crippen LogP contribution in [0.3, 0.4) is 0 Å². The Morgan fingerprint density at radius 2 is 1.95 bits per heavy atom. The summed E-state index contributed by atoms with van der Waals surface area (Å²) in [6.07, 6.45) is 4.93. The highest BCUT2D eigenvalue weighted by molar-refractivity contribution is 5.80. The van der Waals surface area contributed by atoms with Gasteiger partial charge in [-0.3, -0.25) is 4.99 Å². The molecule has 0 aromatic carbocycles. The summed E-state index contributed by atoms with van der Waals surface area (Å²) in [7, 11) is 0. The largest absolute Gasteiger partial charge is 0.308 e. The Morgan fingerprint density at radius 1 is 1.33 bits per heavy atom. The van der Waals surface area contributed by atoms with E-state index in [1.807, 2.05) is 20.8 Å². The van der Waals surface area contributed by atoms with Gasteiger partial charge in [0.1, 0.15) is 0 Å². The van der Waals surface area contributed by atoms with Gasteiger partial charge < -0.3 is 5.41 Å². The lowest BCUT2D eigenvalue weighted by atomic mass is 9.70. The SMILES string of the molecule is CC#CC/C(C)=C(/C=N)C(CN=C(C)C)C(C)(C)C1CC1. The molecule has 0 aromatic rings. The molecule has 0 heterocycles. The van der Waals surface area contributed by atoms with Gasteiger partial charge >= 0.3 is 0 Å². The number of rotatable bonds is 7. The van der Waals surface area contributed by atoms with E-state index in [9.17, 15) is 0 Å². The van der Waals surface area contributed by atoms with Crippen LogP contribution in [0.2, 0.25) is 0 Å². The maximum absolute atomic E-state index is 7.90. The predicted molar refractivity (Wildman–Crippen MR) is 93.2 cm³/mol. The molecule has 1 unspecified atom stereocenters. The minimum absolute atomic E-state index is 0.201. The molecule has 0 radical (unpaired) electrons. The summed E-state index contributed by atoms with van der Waals surface area (Å²) in [5.74, 6) is 7.17. The highest BCUT2D eigenvalue weighted by atomic mass is 14.7. The van der Waals surface area contributed by atoms with E-state index in [0.29, 0.717) is 5.92 Å². The van der Waals surface area contributed by atoms with Crippen molar-refractivity contribution < 1.29 is 0 Å². The Morgan fingerprint density at radius 3 is 2.38 bits per heavy atom. The third-order valence-corrected chi connectivity index (χ3v) is 4.67. The molecule has 2 nitrogen and oxygen atoms in total. The molecule has 0 bridgehead atoms. The molecule has 0 saturated heterocycles. The van der Waals surface area contributed by atoms with Crippen LogP contribution in [0.4, 0.5) is 0 Å². The van der Waals surface area contributed by atoms with Gasteiger partial charge in [-0.1, -0.05) is 25.3 Å². The normalized spacial score (nSPS) is 17.2. The molecule has 0 aromatic heterocycles. The lowest BCUT2D eigenvalue weighted by Gasteiger charge is -2.35. The van der Waals surface area contributed by atoms with E-state index in [-0.39, 0.29) is 5.41 Å². The first-order valence-electron chi connectivity index (χ1n) is 7.92. The van der Waals surface area contributed by atoms with Crippen LogP contribution in [0.1, 0.15) is 60.8 Å². The Kier molecular flexibility index (Phi) is 6.40. The van der Waals surface area contributed by atoms with E-state index >= 15 is 0 Å². The monoisotopic (exact) mass is 286 g/mol. The molecule has 116 valence electrons. The molecule has 1 N–H and O–H groups in total. The van der Waals surface area contributed by atoms with Crippen LogP contribution in [0.5, 0.6) is 0 Å². The summed E-state index contributed by atoms with van der Waals surface area (Å²) in [5, 5.41) is 7.90. The third kappa shape index (κ3) is 4.84. The molecule has 1 atom stereocenters. The van der Waals surface area contributed by atoms with Crippen molar-refractivity contribution in [1.82, 2.24) is 0 Å². The fourth-order valence-electron chi connectivity index (χ4n) is 2.96. The van der Waals surface area contributed by atoms with Crippen LogP contribution in [-0.4, -0.2) is 18.5 Å². The van der Waals surface area contributed by atoms with Crippen molar-refractivity contribution in [2.75, 3.05) is 6.54 Å². The number of allylic oxidation sites excluding steroid dienone is 1. The van der Waals surface area contributed by atoms with Crippen LogP contribution in [0, 0.1) is 34.5 Å². The van der Waals surface area contributed by atoms with E-state index in [0.717, 1.165) is 30.2 Å². The smallest absolute Gasteiger partial charge is 0.0462 e. The van der Waals surface area contributed by atoms with Crippen LogP contribution in [0.15, 0.2) is 16.1 Å².